The van der Waals surface area contributed by atoms with Crippen molar-refractivity contribution < 1.29 is 9.57 Å². The highest BCUT2D eigenvalue weighted by atomic mass is 16.6. The van der Waals surface area contributed by atoms with Gasteiger partial charge in [0.1, 0.15) is 6.10 Å². The van der Waals surface area contributed by atoms with Crippen molar-refractivity contribution in [3.63, 3.8) is 0 Å². The molecule has 0 bridgehead atoms. The van der Waals surface area contributed by atoms with Crippen molar-refractivity contribution in [1.29, 1.82) is 0 Å². The van der Waals surface area contributed by atoms with Crippen LogP contribution in [0.3, 0.4) is 0 Å². The third kappa shape index (κ3) is 2.00. The minimum Gasteiger partial charge on any atom is -0.391 e. The lowest BCUT2D eigenvalue weighted by atomic mass is 9.93. The fraction of sp³-hybridized carbons (Fsp3) is 0.889. The van der Waals surface area contributed by atoms with Crippen LogP contribution in [-0.2, 0) is 9.57 Å². The van der Waals surface area contributed by atoms with Gasteiger partial charge in [0, 0.05) is 25.5 Å². The monoisotopic (exact) mass is 184 g/mol. The fourth-order valence-electron chi connectivity index (χ4n) is 1.82. The summed E-state index contributed by atoms with van der Waals surface area (Å²) in [5.41, 5.74) is 6.64. The van der Waals surface area contributed by atoms with Crippen LogP contribution in [0.4, 0.5) is 0 Å². The minimum absolute atomic E-state index is 0.108. The van der Waals surface area contributed by atoms with Crippen LogP contribution in [0.1, 0.15) is 19.3 Å². The number of oxime groups is 1. The number of ether oxygens (including phenoxy) is 1. The van der Waals surface area contributed by atoms with E-state index in [1.807, 2.05) is 0 Å². The van der Waals surface area contributed by atoms with Gasteiger partial charge in [-0.15, -0.1) is 0 Å². The first-order chi connectivity index (χ1) is 6.40. The van der Waals surface area contributed by atoms with Gasteiger partial charge in [0.05, 0.1) is 12.3 Å². The zero-order valence-corrected chi connectivity index (χ0v) is 7.74. The molecule has 2 rings (SSSR count). The highest BCUT2D eigenvalue weighted by Gasteiger charge is 2.27. The molecule has 2 atom stereocenters. The number of hydrogen-bond acceptors (Lipinski definition) is 4. The highest BCUT2D eigenvalue weighted by molar-refractivity contribution is 5.87. The van der Waals surface area contributed by atoms with Crippen LogP contribution >= 0.6 is 0 Å². The summed E-state index contributed by atoms with van der Waals surface area (Å²) in [6.45, 7) is 2.25. The van der Waals surface area contributed by atoms with Gasteiger partial charge in [-0.05, 0) is 12.8 Å². The topological polar surface area (TPSA) is 56.8 Å². The standard InChI is InChI=1S/C9H16N2O2/c10-5-8-4-9(11-13-8)7-2-1-3-12-6-7/h7-8H,1-6,10H2. The van der Waals surface area contributed by atoms with Gasteiger partial charge in [0.2, 0.25) is 0 Å². The van der Waals surface area contributed by atoms with Crippen LogP contribution in [0, 0.1) is 5.92 Å². The quantitative estimate of drug-likeness (QED) is 0.680. The lowest BCUT2D eigenvalue weighted by Gasteiger charge is -2.21. The molecule has 2 heterocycles. The molecule has 2 aliphatic rings. The summed E-state index contributed by atoms with van der Waals surface area (Å²) in [5, 5.41) is 4.07. The molecule has 13 heavy (non-hydrogen) atoms. The Labute approximate surface area is 78.1 Å². The van der Waals surface area contributed by atoms with E-state index < -0.39 is 0 Å². The molecule has 0 radical (unpaired) electrons. The molecule has 0 aromatic heterocycles. The lowest BCUT2D eigenvalue weighted by Crippen LogP contribution is -2.27. The molecule has 4 nitrogen and oxygen atoms in total. The van der Waals surface area contributed by atoms with Crippen LogP contribution < -0.4 is 5.73 Å². The molecule has 0 aromatic carbocycles. The molecule has 2 unspecified atom stereocenters. The molecule has 0 aliphatic carbocycles. The number of rotatable bonds is 2. The predicted octanol–water partition coefficient (Wildman–Crippen LogP) is 0.517. The third-order valence-electron chi connectivity index (χ3n) is 2.65. The zero-order chi connectivity index (χ0) is 9.10. The maximum atomic E-state index is 5.50. The molecule has 0 spiro atoms. The lowest BCUT2D eigenvalue weighted by molar-refractivity contribution is 0.0756. The van der Waals surface area contributed by atoms with Crippen molar-refractivity contribution in [2.45, 2.75) is 25.4 Å². The van der Waals surface area contributed by atoms with E-state index in [2.05, 4.69) is 5.16 Å². The first kappa shape index (κ1) is 8.97. The molecular weight excluding hydrogens is 168 g/mol. The van der Waals surface area contributed by atoms with Crippen molar-refractivity contribution >= 4 is 5.71 Å². The summed E-state index contributed by atoms with van der Waals surface area (Å²) in [4.78, 5) is 5.18. The second kappa shape index (κ2) is 4.07. The molecule has 1 fully saturated rings. The average molecular weight is 184 g/mol. The van der Waals surface area contributed by atoms with E-state index in [0.717, 1.165) is 31.8 Å². The minimum atomic E-state index is 0.108. The van der Waals surface area contributed by atoms with E-state index in [1.54, 1.807) is 0 Å². The maximum Gasteiger partial charge on any atom is 0.145 e. The number of nitrogens with zero attached hydrogens (tertiary/aromatic N) is 1. The van der Waals surface area contributed by atoms with E-state index in [9.17, 15) is 0 Å². The fourth-order valence-corrected chi connectivity index (χ4v) is 1.82. The molecule has 0 amide bonds. The molecule has 74 valence electrons. The van der Waals surface area contributed by atoms with Crippen LogP contribution in [0.2, 0.25) is 0 Å². The highest BCUT2D eigenvalue weighted by Crippen LogP contribution is 2.22. The van der Waals surface area contributed by atoms with Crippen LogP contribution in [0.15, 0.2) is 5.16 Å². The number of hydrogen-bond donors (Lipinski definition) is 1. The van der Waals surface area contributed by atoms with Gasteiger partial charge in [0.25, 0.3) is 0 Å². The summed E-state index contributed by atoms with van der Waals surface area (Å²) in [6.07, 6.45) is 3.32. The van der Waals surface area contributed by atoms with Gasteiger partial charge in [-0.1, -0.05) is 5.16 Å². The van der Waals surface area contributed by atoms with Gasteiger partial charge in [-0.3, -0.25) is 0 Å². The second-order valence-corrected chi connectivity index (χ2v) is 3.66. The van der Waals surface area contributed by atoms with Crippen molar-refractivity contribution in [1.82, 2.24) is 0 Å². The van der Waals surface area contributed by atoms with Crippen LogP contribution in [-0.4, -0.2) is 31.6 Å². The van der Waals surface area contributed by atoms with Gasteiger partial charge in [-0.25, -0.2) is 0 Å². The third-order valence-corrected chi connectivity index (χ3v) is 2.65. The van der Waals surface area contributed by atoms with Crippen LogP contribution in [0.5, 0.6) is 0 Å². The Bertz CT molecular complexity index is 200. The molecular formula is C9H16N2O2. The Morgan fingerprint density at radius 2 is 2.46 bits per heavy atom. The van der Waals surface area contributed by atoms with E-state index in [0.29, 0.717) is 12.5 Å². The molecule has 0 aromatic rings. The average Bonchev–Trinajstić information content (AvgIpc) is 2.67. The SMILES string of the molecule is NCC1CC(C2CCCOC2)=NO1. The molecule has 1 saturated heterocycles. The van der Waals surface area contributed by atoms with E-state index >= 15 is 0 Å². The van der Waals surface area contributed by atoms with Gasteiger partial charge in [0.15, 0.2) is 0 Å². The van der Waals surface area contributed by atoms with Crippen molar-refractivity contribution in [3.05, 3.63) is 0 Å². The Balaban J connectivity index is 1.87. The number of nitrogens with two attached hydrogens (primary N) is 1. The van der Waals surface area contributed by atoms with Crippen molar-refractivity contribution in [2.75, 3.05) is 19.8 Å². The largest absolute Gasteiger partial charge is 0.391 e. The maximum absolute atomic E-state index is 5.50. The Kier molecular flexibility index (Phi) is 2.80. The van der Waals surface area contributed by atoms with Crippen LogP contribution in [0.25, 0.3) is 0 Å². The predicted molar refractivity (Wildman–Crippen MR) is 49.5 cm³/mol. The smallest absolute Gasteiger partial charge is 0.145 e. The summed E-state index contributed by atoms with van der Waals surface area (Å²) in [6, 6.07) is 0. The Morgan fingerprint density at radius 1 is 1.54 bits per heavy atom. The molecule has 2 aliphatic heterocycles. The summed E-state index contributed by atoms with van der Waals surface area (Å²) >= 11 is 0. The Morgan fingerprint density at radius 3 is 3.08 bits per heavy atom. The summed E-state index contributed by atoms with van der Waals surface area (Å²) in [7, 11) is 0. The van der Waals surface area contributed by atoms with Gasteiger partial charge in [-0.2, -0.15) is 0 Å². The summed E-state index contributed by atoms with van der Waals surface area (Å²) in [5.74, 6) is 0.477. The molecule has 4 heteroatoms. The normalized spacial score (nSPS) is 34.1. The van der Waals surface area contributed by atoms with E-state index in [-0.39, 0.29) is 6.10 Å². The van der Waals surface area contributed by atoms with Crippen molar-refractivity contribution in [2.24, 2.45) is 16.8 Å². The van der Waals surface area contributed by atoms with E-state index in [4.69, 9.17) is 15.3 Å². The second-order valence-electron chi connectivity index (χ2n) is 3.66. The molecule has 2 N–H and O–H groups in total. The zero-order valence-electron chi connectivity index (χ0n) is 7.74. The summed E-state index contributed by atoms with van der Waals surface area (Å²) < 4.78 is 5.40. The van der Waals surface area contributed by atoms with E-state index in [1.165, 1.54) is 6.42 Å². The first-order valence-electron chi connectivity index (χ1n) is 4.90. The van der Waals surface area contributed by atoms with Gasteiger partial charge >= 0.3 is 0 Å². The Hall–Kier alpha value is -0.610. The van der Waals surface area contributed by atoms with Gasteiger partial charge < -0.3 is 15.3 Å². The van der Waals surface area contributed by atoms with Crippen molar-refractivity contribution in [3.8, 4) is 0 Å². The molecule has 0 saturated carbocycles. The first-order valence-corrected chi connectivity index (χ1v) is 4.90.